The van der Waals surface area contributed by atoms with Crippen LogP contribution in [0.5, 0.6) is 0 Å². The number of benzene rings is 2. The van der Waals surface area contributed by atoms with Crippen LogP contribution in [-0.4, -0.2) is 69.4 Å². The molecule has 0 spiro atoms. The molecule has 0 aliphatic carbocycles. The van der Waals surface area contributed by atoms with Gasteiger partial charge in [-0.3, -0.25) is 9.59 Å². The standard InChI is InChI=1S/C25H25FN6O2/c1-30(2)13-16-9-10-31(14-16)25(34)17-3-6-20(7-4-17)32-15-23(28-29-32)21-12-18-11-19(26)5-8-22(18)27-24(21)33/h3-8,11-12,15-16H,9-10,13-14H2,1-2H3,(H,27,33). The molecule has 1 atom stereocenters. The van der Waals surface area contributed by atoms with E-state index in [1.165, 1.54) is 18.2 Å². The molecule has 2 aromatic carbocycles. The molecule has 1 amide bonds. The van der Waals surface area contributed by atoms with Gasteiger partial charge in [-0.2, -0.15) is 0 Å². The zero-order valence-corrected chi connectivity index (χ0v) is 19.0. The molecular weight excluding hydrogens is 435 g/mol. The van der Waals surface area contributed by atoms with Gasteiger partial charge in [-0.1, -0.05) is 5.21 Å². The normalized spacial score (nSPS) is 16.0. The van der Waals surface area contributed by atoms with Gasteiger partial charge in [-0.05, 0) is 75.0 Å². The second-order valence-corrected chi connectivity index (χ2v) is 9.01. The Balaban J connectivity index is 1.34. The number of aromatic amines is 1. The topological polar surface area (TPSA) is 87.1 Å². The van der Waals surface area contributed by atoms with E-state index in [4.69, 9.17) is 0 Å². The number of hydrogen-bond acceptors (Lipinski definition) is 5. The van der Waals surface area contributed by atoms with Crippen LogP contribution in [0.4, 0.5) is 4.39 Å². The number of carbonyl (C=O) groups is 1. The summed E-state index contributed by atoms with van der Waals surface area (Å²) in [5, 5.41) is 8.83. The SMILES string of the molecule is CN(C)CC1CCN(C(=O)c2ccc(-n3cc(-c4cc5cc(F)ccc5[nH]c4=O)nn3)cc2)C1. The number of carbonyl (C=O) groups excluding carboxylic acids is 1. The van der Waals surface area contributed by atoms with Gasteiger partial charge in [0.15, 0.2) is 0 Å². The van der Waals surface area contributed by atoms with Gasteiger partial charge in [0.2, 0.25) is 0 Å². The van der Waals surface area contributed by atoms with E-state index in [9.17, 15) is 14.0 Å². The summed E-state index contributed by atoms with van der Waals surface area (Å²) in [5.41, 5.74) is 2.24. The zero-order valence-electron chi connectivity index (χ0n) is 19.0. The number of amides is 1. The summed E-state index contributed by atoms with van der Waals surface area (Å²) >= 11 is 0. The van der Waals surface area contributed by atoms with Crippen LogP contribution in [-0.2, 0) is 0 Å². The van der Waals surface area contributed by atoms with Crippen LogP contribution in [0, 0.1) is 11.7 Å². The van der Waals surface area contributed by atoms with Crippen molar-refractivity contribution in [1.29, 1.82) is 0 Å². The number of likely N-dealkylation sites (tertiary alicyclic amines) is 1. The average molecular weight is 461 g/mol. The number of nitrogens with zero attached hydrogens (tertiary/aromatic N) is 5. The van der Waals surface area contributed by atoms with Crippen molar-refractivity contribution >= 4 is 16.8 Å². The highest BCUT2D eigenvalue weighted by molar-refractivity contribution is 5.94. The predicted octanol–water partition coefficient (Wildman–Crippen LogP) is 2.94. The molecule has 1 fully saturated rings. The van der Waals surface area contributed by atoms with Gasteiger partial charge >= 0.3 is 0 Å². The van der Waals surface area contributed by atoms with Gasteiger partial charge in [0.1, 0.15) is 11.5 Å². The number of hydrogen-bond donors (Lipinski definition) is 1. The molecule has 1 aliphatic rings. The Hall–Kier alpha value is -3.85. The number of rotatable bonds is 5. The summed E-state index contributed by atoms with van der Waals surface area (Å²) in [5.74, 6) is 0.148. The average Bonchev–Trinajstić information content (AvgIpc) is 3.48. The van der Waals surface area contributed by atoms with E-state index in [2.05, 4.69) is 34.3 Å². The maximum atomic E-state index is 13.6. The fourth-order valence-electron chi connectivity index (χ4n) is 4.50. The van der Waals surface area contributed by atoms with Crippen LogP contribution in [0.3, 0.4) is 0 Å². The zero-order chi connectivity index (χ0) is 23.8. The van der Waals surface area contributed by atoms with Gasteiger partial charge in [0.25, 0.3) is 11.5 Å². The summed E-state index contributed by atoms with van der Waals surface area (Å²) in [6.07, 6.45) is 2.66. The highest BCUT2D eigenvalue weighted by Gasteiger charge is 2.27. The van der Waals surface area contributed by atoms with Gasteiger partial charge in [0, 0.05) is 36.1 Å². The monoisotopic (exact) mass is 460 g/mol. The molecule has 1 aliphatic heterocycles. The number of pyridine rings is 1. The number of halogens is 1. The van der Waals surface area contributed by atoms with E-state index in [1.807, 2.05) is 4.90 Å². The van der Waals surface area contributed by atoms with Gasteiger partial charge in [0.05, 0.1) is 17.4 Å². The van der Waals surface area contributed by atoms with Crippen molar-refractivity contribution in [3.05, 3.63) is 76.5 Å². The van der Waals surface area contributed by atoms with E-state index in [0.717, 1.165) is 26.1 Å². The Kier molecular flexibility index (Phi) is 5.70. The van der Waals surface area contributed by atoms with Gasteiger partial charge in [-0.25, -0.2) is 9.07 Å². The Morgan fingerprint density at radius 3 is 2.74 bits per heavy atom. The van der Waals surface area contributed by atoms with Crippen LogP contribution >= 0.6 is 0 Å². The molecule has 1 N–H and O–H groups in total. The molecule has 0 radical (unpaired) electrons. The van der Waals surface area contributed by atoms with Gasteiger partial charge < -0.3 is 14.8 Å². The Labute approximate surface area is 195 Å². The Morgan fingerprint density at radius 1 is 1.18 bits per heavy atom. The molecule has 2 aromatic heterocycles. The maximum Gasteiger partial charge on any atom is 0.258 e. The lowest BCUT2D eigenvalue weighted by molar-refractivity contribution is 0.0785. The summed E-state index contributed by atoms with van der Waals surface area (Å²) in [4.78, 5) is 32.2. The van der Waals surface area contributed by atoms with E-state index in [-0.39, 0.29) is 17.3 Å². The van der Waals surface area contributed by atoms with Crippen molar-refractivity contribution in [2.45, 2.75) is 6.42 Å². The molecule has 3 heterocycles. The Bertz CT molecular complexity index is 1410. The molecule has 1 saturated heterocycles. The summed E-state index contributed by atoms with van der Waals surface area (Å²) < 4.78 is 15.1. The predicted molar refractivity (Wildman–Crippen MR) is 127 cm³/mol. The quantitative estimate of drug-likeness (QED) is 0.495. The molecule has 1 unspecified atom stereocenters. The third kappa shape index (κ3) is 4.34. The minimum absolute atomic E-state index is 0.0296. The fourth-order valence-corrected chi connectivity index (χ4v) is 4.50. The number of nitrogens with one attached hydrogen (secondary N) is 1. The highest BCUT2D eigenvalue weighted by Crippen LogP contribution is 2.22. The second kappa shape index (κ2) is 8.83. The molecule has 8 nitrogen and oxygen atoms in total. The van der Waals surface area contributed by atoms with E-state index in [1.54, 1.807) is 41.2 Å². The maximum absolute atomic E-state index is 13.6. The second-order valence-electron chi connectivity index (χ2n) is 9.01. The molecule has 0 saturated carbocycles. The van der Waals surface area contributed by atoms with E-state index < -0.39 is 0 Å². The lowest BCUT2D eigenvalue weighted by atomic mass is 10.1. The molecule has 5 rings (SSSR count). The molecule has 174 valence electrons. The first-order valence-electron chi connectivity index (χ1n) is 11.2. The van der Waals surface area contributed by atoms with Crippen molar-refractivity contribution in [1.82, 2.24) is 29.8 Å². The van der Waals surface area contributed by atoms with Crippen molar-refractivity contribution in [3.63, 3.8) is 0 Å². The van der Waals surface area contributed by atoms with Crippen molar-refractivity contribution in [2.24, 2.45) is 5.92 Å². The Morgan fingerprint density at radius 2 is 1.97 bits per heavy atom. The molecular formula is C25H25FN6O2. The largest absolute Gasteiger partial charge is 0.338 e. The lowest BCUT2D eigenvalue weighted by Crippen LogP contribution is -2.30. The third-order valence-electron chi connectivity index (χ3n) is 6.15. The van der Waals surface area contributed by atoms with Crippen LogP contribution < -0.4 is 5.56 Å². The minimum atomic E-state index is -0.383. The van der Waals surface area contributed by atoms with Crippen molar-refractivity contribution in [3.8, 4) is 16.9 Å². The molecule has 0 bridgehead atoms. The first-order valence-corrected chi connectivity index (χ1v) is 11.2. The van der Waals surface area contributed by atoms with E-state index in [0.29, 0.717) is 39.3 Å². The van der Waals surface area contributed by atoms with Crippen molar-refractivity contribution in [2.75, 3.05) is 33.7 Å². The fraction of sp³-hybridized carbons (Fsp3) is 0.280. The smallest absolute Gasteiger partial charge is 0.258 e. The van der Waals surface area contributed by atoms with Crippen LogP contribution in [0.1, 0.15) is 16.8 Å². The minimum Gasteiger partial charge on any atom is -0.338 e. The van der Waals surface area contributed by atoms with Gasteiger partial charge in [-0.15, -0.1) is 5.10 Å². The molecule has 34 heavy (non-hydrogen) atoms. The van der Waals surface area contributed by atoms with Crippen LogP contribution in [0.2, 0.25) is 0 Å². The van der Waals surface area contributed by atoms with Crippen molar-refractivity contribution < 1.29 is 9.18 Å². The number of H-pyrrole nitrogens is 1. The van der Waals surface area contributed by atoms with Crippen LogP contribution in [0.25, 0.3) is 27.8 Å². The summed E-state index contributed by atoms with van der Waals surface area (Å²) in [6.45, 7) is 2.53. The highest BCUT2D eigenvalue weighted by atomic mass is 19.1. The summed E-state index contributed by atoms with van der Waals surface area (Å²) in [6, 6.07) is 13.0. The number of aromatic nitrogens is 4. The van der Waals surface area contributed by atoms with Crippen LogP contribution in [0.15, 0.2) is 59.5 Å². The molecule has 9 heteroatoms. The summed E-state index contributed by atoms with van der Waals surface area (Å²) in [7, 11) is 4.10. The first kappa shape index (κ1) is 22.0. The van der Waals surface area contributed by atoms with E-state index >= 15 is 0 Å². The first-order chi connectivity index (χ1) is 16.4. The third-order valence-corrected chi connectivity index (χ3v) is 6.15. The molecule has 4 aromatic rings. The lowest BCUT2D eigenvalue weighted by Gasteiger charge is -2.18. The number of fused-ring (bicyclic) bond motifs is 1.